The summed E-state index contributed by atoms with van der Waals surface area (Å²) in [5.74, 6) is -0.302. The Kier molecular flexibility index (Phi) is 10.1. The lowest BCUT2D eigenvalue weighted by atomic mass is 10.0. The Labute approximate surface area is 157 Å². The molecule has 5 nitrogen and oxygen atoms in total. The van der Waals surface area contributed by atoms with Crippen LogP contribution in [0.1, 0.15) is 56.3 Å². The highest BCUT2D eigenvalue weighted by molar-refractivity contribution is 9.09. The Morgan fingerprint density at radius 2 is 1.76 bits per heavy atom. The molecule has 1 atom stereocenters. The zero-order chi connectivity index (χ0) is 18.7. The summed E-state index contributed by atoms with van der Waals surface area (Å²) >= 11 is 3.11. The van der Waals surface area contributed by atoms with Crippen LogP contribution in [0.2, 0.25) is 0 Å². The number of ketones is 1. The van der Waals surface area contributed by atoms with Gasteiger partial charge in [-0.05, 0) is 37.1 Å². The highest BCUT2D eigenvalue weighted by Gasteiger charge is 2.16. The molecule has 1 rings (SSSR count). The van der Waals surface area contributed by atoms with Crippen LogP contribution in [-0.2, 0) is 14.3 Å². The summed E-state index contributed by atoms with van der Waals surface area (Å²) in [6, 6.07) is 6.44. The third-order valence-electron chi connectivity index (χ3n) is 3.78. The minimum atomic E-state index is -0.379. The van der Waals surface area contributed by atoms with E-state index in [0.717, 1.165) is 19.3 Å². The molecule has 0 aliphatic rings. The number of esters is 2. The Hall–Kier alpha value is -1.69. The summed E-state index contributed by atoms with van der Waals surface area (Å²) in [4.78, 5) is 35.1. The first-order valence-corrected chi connectivity index (χ1v) is 9.67. The van der Waals surface area contributed by atoms with Crippen LogP contribution >= 0.6 is 15.9 Å². The third kappa shape index (κ3) is 8.29. The van der Waals surface area contributed by atoms with Crippen molar-refractivity contribution in [2.45, 2.75) is 46.0 Å². The van der Waals surface area contributed by atoms with E-state index in [1.807, 2.05) is 13.8 Å². The fourth-order valence-corrected chi connectivity index (χ4v) is 2.44. The monoisotopic (exact) mass is 412 g/mol. The topological polar surface area (TPSA) is 69.7 Å². The maximum atomic E-state index is 12.0. The van der Waals surface area contributed by atoms with Gasteiger partial charge in [0.25, 0.3) is 0 Å². The summed E-state index contributed by atoms with van der Waals surface area (Å²) in [6.07, 6.45) is 3.06. The van der Waals surface area contributed by atoms with Crippen molar-refractivity contribution in [3.63, 3.8) is 0 Å². The van der Waals surface area contributed by atoms with Gasteiger partial charge >= 0.3 is 11.9 Å². The zero-order valence-corrected chi connectivity index (χ0v) is 16.3. The molecule has 0 N–H and O–H groups in total. The highest BCUT2D eigenvalue weighted by atomic mass is 79.9. The van der Waals surface area contributed by atoms with Crippen LogP contribution < -0.4 is 4.74 Å². The molecular formula is C19H25BrO5. The van der Waals surface area contributed by atoms with Gasteiger partial charge in [0.05, 0.1) is 18.4 Å². The molecule has 0 saturated carbocycles. The van der Waals surface area contributed by atoms with Gasteiger partial charge in [-0.25, -0.2) is 0 Å². The van der Waals surface area contributed by atoms with Crippen LogP contribution in [0.15, 0.2) is 24.3 Å². The molecule has 0 radical (unpaired) electrons. The molecule has 0 bridgehead atoms. The number of rotatable bonds is 11. The summed E-state index contributed by atoms with van der Waals surface area (Å²) in [7, 11) is 0. The Bertz CT molecular complexity index is 568. The zero-order valence-electron chi connectivity index (χ0n) is 14.8. The van der Waals surface area contributed by atoms with Crippen LogP contribution in [0.3, 0.4) is 0 Å². The molecule has 0 spiro atoms. The molecule has 0 aliphatic carbocycles. The minimum absolute atomic E-state index is 0.0335. The van der Waals surface area contributed by atoms with Crippen molar-refractivity contribution in [2.24, 2.45) is 5.92 Å². The van der Waals surface area contributed by atoms with E-state index in [-0.39, 0.29) is 42.0 Å². The van der Waals surface area contributed by atoms with E-state index in [1.54, 1.807) is 24.3 Å². The summed E-state index contributed by atoms with van der Waals surface area (Å²) in [6.45, 7) is 4.19. The largest absolute Gasteiger partial charge is 0.465 e. The summed E-state index contributed by atoms with van der Waals surface area (Å²) in [5, 5.41) is 0.251. The van der Waals surface area contributed by atoms with Gasteiger partial charge in [-0.1, -0.05) is 36.2 Å². The van der Waals surface area contributed by atoms with Crippen molar-refractivity contribution in [1.82, 2.24) is 0 Å². The fraction of sp³-hybridized carbons (Fsp3) is 0.526. The number of Topliss-reactive ketones (excluding diaryl/α,β-unsaturated/α-hetero) is 1. The van der Waals surface area contributed by atoms with Crippen LogP contribution in [-0.4, -0.2) is 29.7 Å². The molecule has 0 amide bonds. The Balaban J connectivity index is 2.45. The van der Waals surface area contributed by atoms with E-state index in [2.05, 4.69) is 15.9 Å². The van der Waals surface area contributed by atoms with Gasteiger partial charge in [-0.15, -0.1) is 0 Å². The van der Waals surface area contributed by atoms with Crippen LogP contribution in [0.5, 0.6) is 5.75 Å². The first kappa shape index (κ1) is 21.4. The number of unbranched alkanes of at least 4 members (excludes halogenated alkanes) is 1. The molecule has 25 heavy (non-hydrogen) atoms. The van der Waals surface area contributed by atoms with Gasteiger partial charge in [0.15, 0.2) is 5.78 Å². The number of hydrogen-bond donors (Lipinski definition) is 0. The number of carbonyl (C=O) groups is 3. The number of benzene rings is 1. The van der Waals surface area contributed by atoms with E-state index in [9.17, 15) is 14.4 Å². The molecule has 0 saturated heterocycles. The lowest BCUT2D eigenvalue weighted by Crippen LogP contribution is -2.19. The average molecular weight is 413 g/mol. The van der Waals surface area contributed by atoms with E-state index in [0.29, 0.717) is 17.7 Å². The van der Waals surface area contributed by atoms with E-state index in [4.69, 9.17) is 9.47 Å². The van der Waals surface area contributed by atoms with E-state index in [1.165, 1.54) is 0 Å². The molecule has 1 aromatic carbocycles. The van der Waals surface area contributed by atoms with Crippen molar-refractivity contribution >= 4 is 33.7 Å². The summed E-state index contributed by atoms with van der Waals surface area (Å²) < 4.78 is 10.5. The van der Waals surface area contributed by atoms with Crippen molar-refractivity contribution in [2.75, 3.05) is 11.9 Å². The lowest BCUT2D eigenvalue weighted by molar-refractivity contribution is -0.147. The molecule has 1 unspecified atom stereocenters. The number of alkyl halides is 1. The standard InChI is InChI=1S/C19H25BrO5/c1-3-5-6-18(22)24-13-14(4-2)11-19(23)25-16-9-7-15(8-10-16)17(21)12-20/h7-10,14H,3-6,11-13H2,1-2H3. The maximum Gasteiger partial charge on any atom is 0.311 e. The fourth-order valence-electron chi connectivity index (χ4n) is 2.12. The second-order valence-electron chi connectivity index (χ2n) is 5.82. The van der Waals surface area contributed by atoms with Gasteiger partial charge in [0, 0.05) is 17.9 Å². The maximum absolute atomic E-state index is 12.0. The van der Waals surface area contributed by atoms with E-state index >= 15 is 0 Å². The number of ether oxygens (including phenoxy) is 2. The van der Waals surface area contributed by atoms with E-state index < -0.39 is 0 Å². The molecule has 6 heteroatoms. The quantitative estimate of drug-likeness (QED) is 0.234. The summed E-state index contributed by atoms with van der Waals surface area (Å²) in [5.41, 5.74) is 0.558. The molecular weight excluding hydrogens is 388 g/mol. The lowest BCUT2D eigenvalue weighted by Gasteiger charge is -2.14. The van der Waals surface area contributed by atoms with Crippen LogP contribution in [0.4, 0.5) is 0 Å². The Morgan fingerprint density at radius 1 is 1.08 bits per heavy atom. The molecule has 1 aromatic rings. The molecule has 0 heterocycles. The minimum Gasteiger partial charge on any atom is -0.465 e. The number of hydrogen-bond acceptors (Lipinski definition) is 5. The van der Waals surface area contributed by atoms with Gasteiger partial charge < -0.3 is 9.47 Å². The average Bonchev–Trinajstić information content (AvgIpc) is 2.63. The predicted molar refractivity (Wildman–Crippen MR) is 99.1 cm³/mol. The van der Waals surface area contributed by atoms with Gasteiger partial charge in [-0.3, -0.25) is 14.4 Å². The van der Waals surface area contributed by atoms with Gasteiger partial charge in [0.1, 0.15) is 5.75 Å². The molecule has 138 valence electrons. The molecule has 0 fully saturated rings. The van der Waals surface area contributed by atoms with Crippen molar-refractivity contribution < 1.29 is 23.9 Å². The molecule has 0 aliphatic heterocycles. The first-order chi connectivity index (χ1) is 12.0. The SMILES string of the molecule is CCCCC(=O)OCC(CC)CC(=O)Oc1ccc(C(=O)CBr)cc1. The van der Waals surface area contributed by atoms with Crippen molar-refractivity contribution in [3.8, 4) is 5.75 Å². The van der Waals surface area contributed by atoms with Crippen molar-refractivity contribution in [1.29, 1.82) is 0 Å². The third-order valence-corrected chi connectivity index (χ3v) is 4.29. The van der Waals surface area contributed by atoms with Crippen LogP contribution in [0, 0.1) is 5.92 Å². The number of carbonyl (C=O) groups excluding carboxylic acids is 3. The second-order valence-corrected chi connectivity index (χ2v) is 6.38. The van der Waals surface area contributed by atoms with Gasteiger partial charge in [-0.2, -0.15) is 0 Å². The van der Waals surface area contributed by atoms with Crippen LogP contribution in [0.25, 0.3) is 0 Å². The highest BCUT2D eigenvalue weighted by Crippen LogP contribution is 2.16. The molecule has 0 aromatic heterocycles. The smallest absolute Gasteiger partial charge is 0.311 e. The van der Waals surface area contributed by atoms with Gasteiger partial charge in [0.2, 0.25) is 0 Å². The predicted octanol–water partition coefficient (Wildman–Crippen LogP) is 4.32. The second kappa shape index (κ2) is 11.8. The number of halogens is 1. The first-order valence-electron chi connectivity index (χ1n) is 8.55. The van der Waals surface area contributed by atoms with Crippen molar-refractivity contribution in [3.05, 3.63) is 29.8 Å². The Morgan fingerprint density at radius 3 is 2.32 bits per heavy atom. The normalized spacial score (nSPS) is 11.6.